The number of aromatic nitrogens is 2. The fourth-order valence-corrected chi connectivity index (χ4v) is 1.75. The highest BCUT2D eigenvalue weighted by Crippen LogP contribution is 2.14. The molecule has 1 N–H and O–H groups in total. The molecule has 0 atom stereocenters. The number of hydrogen-bond acceptors (Lipinski definition) is 3. The Labute approximate surface area is 126 Å². The highest BCUT2D eigenvalue weighted by Gasteiger charge is 2.06. The summed E-state index contributed by atoms with van der Waals surface area (Å²) < 4.78 is 33.3. The summed E-state index contributed by atoms with van der Waals surface area (Å²) in [5.74, 6) is -1.96. The molecule has 2 rings (SSSR count). The molecule has 1 amide bonds. The van der Waals surface area contributed by atoms with Gasteiger partial charge in [-0.1, -0.05) is 6.07 Å². The lowest BCUT2D eigenvalue weighted by Crippen LogP contribution is -2.07. The predicted octanol–water partition coefficient (Wildman–Crippen LogP) is 2.46. The lowest BCUT2D eigenvalue weighted by Gasteiger charge is -2.00. The van der Waals surface area contributed by atoms with E-state index in [4.69, 9.17) is 4.74 Å². The molecular formula is C15H15F2N3O2. The molecule has 0 saturated carbocycles. The van der Waals surface area contributed by atoms with Gasteiger partial charge in [-0.25, -0.2) is 8.78 Å². The molecule has 0 spiro atoms. The van der Waals surface area contributed by atoms with Gasteiger partial charge in [-0.15, -0.1) is 0 Å². The Hall–Kier alpha value is -2.54. The number of hydrogen-bond donors (Lipinski definition) is 1. The molecule has 116 valence electrons. The number of rotatable bonds is 6. The second-order valence-corrected chi connectivity index (χ2v) is 4.44. The number of halogens is 2. The first-order chi connectivity index (χ1) is 10.6. The van der Waals surface area contributed by atoms with Gasteiger partial charge in [-0.2, -0.15) is 5.10 Å². The number of methoxy groups -OCH3 is 1. The van der Waals surface area contributed by atoms with Gasteiger partial charge in [0.1, 0.15) is 11.6 Å². The number of nitrogens with zero attached hydrogens (tertiary/aromatic N) is 2. The van der Waals surface area contributed by atoms with Gasteiger partial charge < -0.3 is 10.1 Å². The van der Waals surface area contributed by atoms with Crippen LogP contribution in [0.5, 0.6) is 0 Å². The van der Waals surface area contributed by atoms with Crippen LogP contribution in [0.15, 0.2) is 36.7 Å². The lowest BCUT2D eigenvalue weighted by atomic mass is 10.2. The third-order valence-corrected chi connectivity index (χ3v) is 2.83. The SMILES string of the molecule is COCCn1cc(NC(=O)/C=C/c2c(F)cccc2F)cn1. The minimum Gasteiger partial charge on any atom is -0.383 e. The smallest absolute Gasteiger partial charge is 0.248 e. The van der Waals surface area contributed by atoms with Crippen LogP contribution in [0, 0.1) is 11.6 Å². The van der Waals surface area contributed by atoms with E-state index >= 15 is 0 Å². The van der Waals surface area contributed by atoms with Crippen molar-refractivity contribution in [2.75, 3.05) is 19.0 Å². The molecular weight excluding hydrogens is 292 g/mol. The number of anilines is 1. The molecule has 0 aliphatic carbocycles. The van der Waals surface area contributed by atoms with E-state index in [1.54, 1.807) is 18.0 Å². The van der Waals surface area contributed by atoms with Crippen molar-refractivity contribution in [1.82, 2.24) is 9.78 Å². The molecule has 5 nitrogen and oxygen atoms in total. The first kappa shape index (κ1) is 15.8. The van der Waals surface area contributed by atoms with Crippen LogP contribution in [0.25, 0.3) is 6.08 Å². The van der Waals surface area contributed by atoms with Gasteiger partial charge >= 0.3 is 0 Å². The highest BCUT2D eigenvalue weighted by atomic mass is 19.1. The fourth-order valence-electron chi connectivity index (χ4n) is 1.75. The molecule has 1 aromatic heterocycles. The molecule has 2 aromatic rings. The van der Waals surface area contributed by atoms with Gasteiger partial charge in [0.15, 0.2) is 0 Å². The number of carbonyl (C=O) groups excluding carboxylic acids is 1. The van der Waals surface area contributed by atoms with E-state index in [1.807, 2.05) is 0 Å². The number of benzene rings is 1. The molecule has 0 radical (unpaired) electrons. The van der Waals surface area contributed by atoms with E-state index in [0.717, 1.165) is 24.3 Å². The normalized spacial score (nSPS) is 11.0. The van der Waals surface area contributed by atoms with Crippen LogP contribution in [0.3, 0.4) is 0 Å². The zero-order chi connectivity index (χ0) is 15.9. The Kier molecular flexibility index (Phi) is 5.37. The summed E-state index contributed by atoms with van der Waals surface area (Å²) >= 11 is 0. The Bertz CT molecular complexity index is 663. The average molecular weight is 307 g/mol. The van der Waals surface area contributed by atoms with Crippen molar-refractivity contribution < 1.29 is 18.3 Å². The standard InChI is InChI=1S/C15H15F2N3O2/c1-22-8-7-20-10-11(9-18-20)19-15(21)6-5-12-13(16)3-2-4-14(12)17/h2-6,9-10H,7-8H2,1H3,(H,19,21)/b6-5+. The van der Waals surface area contributed by atoms with E-state index in [1.165, 1.54) is 12.3 Å². The summed E-state index contributed by atoms with van der Waals surface area (Å²) in [6.45, 7) is 1.06. The first-order valence-electron chi connectivity index (χ1n) is 6.54. The third-order valence-electron chi connectivity index (χ3n) is 2.83. The quantitative estimate of drug-likeness (QED) is 0.834. The topological polar surface area (TPSA) is 56.1 Å². The number of amides is 1. The monoisotopic (exact) mass is 307 g/mol. The van der Waals surface area contributed by atoms with Gasteiger partial charge in [-0.05, 0) is 18.2 Å². The van der Waals surface area contributed by atoms with Gasteiger partial charge in [0.05, 0.1) is 25.0 Å². The van der Waals surface area contributed by atoms with E-state index in [9.17, 15) is 13.6 Å². The predicted molar refractivity (Wildman–Crippen MR) is 78.1 cm³/mol. The molecule has 0 unspecified atom stereocenters. The van der Waals surface area contributed by atoms with Crippen LogP contribution >= 0.6 is 0 Å². The van der Waals surface area contributed by atoms with Crippen LogP contribution in [0.2, 0.25) is 0 Å². The summed E-state index contributed by atoms with van der Waals surface area (Å²) in [5.41, 5.74) is 0.230. The Morgan fingerprint density at radius 2 is 2.14 bits per heavy atom. The van der Waals surface area contributed by atoms with Crippen molar-refractivity contribution in [2.24, 2.45) is 0 Å². The molecule has 0 bridgehead atoms. The molecule has 0 fully saturated rings. The Morgan fingerprint density at radius 3 is 2.82 bits per heavy atom. The summed E-state index contributed by atoms with van der Waals surface area (Å²) in [7, 11) is 1.58. The molecule has 7 heteroatoms. The van der Waals surface area contributed by atoms with Crippen molar-refractivity contribution in [2.45, 2.75) is 6.54 Å². The second-order valence-electron chi connectivity index (χ2n) is 4.44. The highest BCUT2D eigenvalue weighted by molar-refractivity contribution is 6.01. The maximum absolute atomic E-state index is 13.4. The average Bonchev–Trinajstić information content (AvgIpc) is 2.92. The van der Waals surface area contributed by atoms with E-state index < -0.39 is 17.5 Å². The third kappa shape index (κ3) is 4.23. The van der Waals surface area contributed by atoms with Gasteiger partial charge in [0.25, 0.3) is 0 Å². The minimum atomic E-state index is -0.726. The van der Waals surface area contributed by atoms with Crippen molar-refractivity contribution in [3.8, 4) is 0 Å². The number of ether oxygens (including phenoxy) is 1. The fraction of sp³-hybridized carbons (Fsp3) is 0.200. The van der Waals surface area contributed by atoms with Crippen LogP contribution in [-0.4, -0.2) is 29.4 Å². The molecule has 0 saturated heterocycles. The molecule has 0 aliphatic rings. The minimum absolute atomic E-state index is 0.256. The maximum Gasteiger partial charge on any atom is 0.248 e. The maximum atomic E-state index is 13.4. The zero-order valence-electron chi connectivity index (χ0n) is 11.9. The molecule has 1 aromatic carbocycles. The number of carbonyl (C=O) groups is 1. The lowest BCUT2D eigenvalue weighted by molar-refractivity contribution is -0.111. The van der Waals surface area contributed by atoms with Crippen molar-refractivity contribution in [3.05, 3.63) is 53.9 Å². The van der Waals surface area contributed by atoms with Crippen molar-refractivity contribution in [3.63, 3.8) is 0 Å². The molecule has 0 aliphatic heterocycles. The Balaban J connectivity index is 1.98. The van der Waals surface area contributed by atoms with Gasteiger partial charge in [-0.3, -0.25) is 9.48 Å². The molecule has 1 heterocycles. The van der Waals surface area contributed by atoms with Crippen molar-refractivity contribution in [1.29, 1.82) is 0 Å². The van der Waals surface area contributed by atoms with Gasteiger partial charge in [0.2, 0.25) is 5.91 Å². The van der Waals surface area contributed by atoms with Crippen molar-refractivity contribution >= 4 is 17.7 Å². The van der Waals surface area contributed by atoms with E-state index in [0.29, 0.717) is 18.8 Å². The summed E-state index contributed by atoms with van der Waals surface area (Å²) in [4.78, 5) is 11.7. The van der Waals surface area contributed by atoms with Crippen LogP contribution in [-0.2, 0) is 16.1 Å². The largest absolute Gasteiger partial charge is 0.383 e. The first-order valence-corrected chi connectivity index (χ1v) is 6.54. The number of nitrogens with one attached hydrogen (secondary N) is 1. The Morgan fingerprint density at radius 1 is 1.41 bits per heavy atom. The summed E-state index contributed by atoms with van der Waals surface area (Å²) in [6, 6.07) is 3.51. The van der Waals surface area contributed by atoms with Gasteiger partial charge in [0, 0.05) is 24.9 Å². The summed E-state index contributed by atoms with van der Waals surface area (Å²) in [6.07, 6.45) is 5.27. The van der Waals surface area contributed by atoms with E-state index in [2.05, 4.69) is 10.4 Å². The van der Waals surface area contributed by atoms with E-state index in [-0.39, 0.29) is 5.56 Å². The van der Waals surface area contributed by atoms with Crippen LogP contribution in [0.1, 0.15) is 5.56 Å². The zero-order valence-corrected chi connectivity index (χ0v) is 11.9. The summed E-state index contributed by atoms with van der Waals surface area (Å²) in [5, 5.41) is 6.58. The molecule has 22 heavy (non-hydrogen) atoms. The van der Waals surface area contributed by atoms with Crippen LogP contribution < -0.4 is 5.32 Å². The second kappa shape index (κ2) is 7.46. The van der Waals surface area contributed by atoms with Crippen LogP contribution in [0.4, 0.5) is 14.5 Å².